The van der Waals surface area contributed by atoms with Gasteiger partial charge in [0.2, 0.25) is 0 Å². The molecule has 0 aromatic heterocycles. The molecule has 1 heterocycles. The lowest BCUT2D eigenvalue weighted by molar-refractivity contribution is 0.128. The second-order valence-electron chi connectivity index (χ2n) is 7.09. The molecule has 0 amide bonds. The minimum absolute atomic E-state index is 0.779. The molecule has 3 fully saturated rings. The van der Waals surface area contributed by atoms with E-state index in [2.05, 4.69) is 17.1 Å². The van der Waals surface area contributed by atoms with Crippen LogP contribution in [0, 0.1) is 17.8 Å². The van der Waals surface area contributed by atoms with Crippen molar-refractivity contribution in [1.29, 1.82) is 0 Å². The molecule has 3 rings (SSSR count). The number of piperidine rings is 1. The SMILES string of the molecule is CCCNC1CC(CC2CC2)CN(CC2CC2)C1. The highest BCUT2D eigenvalue weighted by molar-refractivity contribution is 4.89. The van der Waals surface area contributed by atoms with Gasteiger partial charge in [0.15, 0.2) is 0 Å². The van der Waals surface area contributed by atoms with Crippen molar-refractivity contribution in [2.45, 2.75) is 57.9 Å². The summed E-state index contributed by atoms with van der Waals surface area (Å²) in [5.41, 5.74) is 0. The lowest BCUT2D eigenvalue weighted by Gasteiger charge is -2.38. The summed E-state index contributed by atoms with van der Waals surface area (Å²) in [6.45, 7) is 7.60. The Hall–Kier alpha value is -0.0800. The van der Waals surface area contributed by atoms with E-state index in [4.69, 9.17) is 0 Å². The molecule has 1 N–H and O–H groups in total. The molecule has 0 aromatic rings. The fraction of sp³-hybridized carbons (Fsp3) is 1.00. The zero-order valence-electron chi connectivity index (χ0n) is 12.0. The Balaban J connectivity index is 1.49. The molecule has 104 valence electrons. The molecule has 1 aliphatic heterocycles. The van der Waals surface area contributed by atoms with E-state index in [1.165, 1.54) is 71.1 Å². The van der Waals surface area contributed by atoms with Crippen molar-refractivity contribution in [1.82, 2.24) is 10.2 Å². The molecule has 0 aromatic carbocycles. The maximum absolute atomic E-state index is 3.78. The number of hydrogen-bond donors (Lipinski definition) is 1. The van der Waals surface area contributed by atoms with Crippen molar-refractivity contribution in [3.8, 4) is 0 Å². The largest absolute Gasteiger partial charge is 0.313 e. The smallest absolute Gasteiger partial charge is 0.0198 e. The van der Waals surface area contributed by atoms with Crippen molar-refractivity contribution >= 4 is 0 Å². The number of rotatable bonds is 7. The minimum Gasteiger partial charge on any atom is -0.313 e. The molecule has 2 atom stereocenters. The molecule has 1 saturated heterocycles. The molecule has 2 unspecified atom stereocenters. The van der Waals surface area contributed by atoms with Crippen molar-refractivity contribution in [3.05, 3.63) is 0 Å². The van der Waals surface area contributed by atoms with Gasteiger partial charge in [0.1, 0.15) is 0 Å². The highest BCUT2D eigenvalue weighted by Crippen LogP contribution is 2.38. The van der Waals surface area contributed by atoms with Crippen molar-refractivity contribution in [3.63, 3.8) is 0 Å². The van der Waals surface area contributed by atoms with Gasteiger partial charge < -0.3 is 10.2 Å². The maximum Gasteiger partial charge on any atom is 0.0198 e. The van der Waals surface area contributed by atoms with Gasteiger partial charge in [-0.25, -0.2) is 0 Å². The Labute approximate surface area is 113 Å². The molecular formula is C16H30N2. The summed E-state index contributed by atoms with van der Waals surface area (Å²) in [4.78, 5) is 2.78. The Bertz CT molecular complexity index is 236. The molecule has 2 nitrogen and oxygen atoms in total. The summed E-state index contributed by atoms with van der Waals surface area (Å²) in [6.07, 6.45) is 10.3. The topological polar surface area (TPSA) is 15.3 Å². The average Bonchev–Trinajstić information content (AvgIpc) is 3.22. The predicted octanol–water partition coefficient (Wildman–Crippen LogP) is 2.89. The fourth-order valence-corrected chi connectivity index (χ4v) is 3.61. The van der Waals surface area contributed by atoms with Crippen molar-refractivity contribution in [2.24, 2.45) is 17.8 Å². The number of nitrogens with one attached hydrogen (secondary N) is 1. The van der Waals surface area contributed by atoms with Crippen LogP contribution < -0.4 is 5.32 Å². The van der Waals surface area contributed by atoms with Crippen LogP contribution in [0.25, 0.3) is 0 Å². The van der Waals surface area contributed by atoms with Crippen LogP contribution in [0.5, 0.6) is 0 Å². The number of hydrogen-bond acceptors (Lipinski definition) is 2. The molecule has 0 spiro atoms. The van der Waals surface area contributed by atoms with Crippen LogP contribution in [0.15, 0.2) is 0 Å². The normalized spacial score (nSPS) is 33.8. The standard InChI is InChI=1S/C16H30N2/c1-2-7-17-16-9-15(8-13-3-4-13)11-18(12-16)10-14-5-6-14/h13-17H,2-12H2,1H3. The lowest BCUT2D eigenvalue weighted by Crippen LogP contribution is -2.50. The first-order valence-electron chi connectivity index (χ1n) is 8.29. The third-order valence-electron chi connectivity index (χ3n) is 4.87. The molecule has 3 aliphatic rings. The summed E-state index contributed by atoms with van der Waals surface area (Å²) in [5, 5.41) is 3.78. The van der Waals surface area contributed by atoms with Gasteiger partial charge in [-0.3, -0.25) is 0 Å². The summed E-state index contributed by atoms with van der Waals surface area (Å²) < 4.78 is 0. The summed E-state index contributed by atoms with van der Waals surface area (Å²) in [6, 6.07) is 0.779. The van der Waals surface area contributed by atoms with Gasteiger partial charge in [0.05, 0.1) is 0 Å². The van der Waals surface area contributed by atoms with Crippen LogP contribution in [0.1, 0.15) is 51.9 Å². The van der Waals surface area contributed by atoms with E-state index in [1.54, 1.807) is 0 Å². The third-order valence-corrected chi connectivity index (χ3v) is 4.87. The second-order valence-corrected chi connectivity index (χ2v) is 7.09. The number of nitrogens with zero attached hydrogens (tertiary/aromatic N) is 1. The van der Waals surface area contributed by atoms with Gasteiger partial charge in [0.25, 0.3) is 0 Å². The quantitative estimate of drug-likeness (QED) is 0.747. The van der Waals surface area contributed by atoms with Crippen molar-refractivity contribution in [2.75, 3.05) is 26.2 Å². The van der Waals surface area contributed by atoms with E-state index >= 15 is 0 Å². The molecular weight excluding hydrogens is 220 g/mol. The van der Waals surface area contributed by atoms with Gasteiger partial charge in [-0.1, -0.05) is 19.8 Å². The summed E-state index contributed by atoms with van der Waals surface area (Å²) >= 11 is 0. The lowest BCUT2D eigenvalue weighted by atomic mass is 9.89. The van der Waals surface area contributed by atoms with Crippen LogP contribution in [-0.4, -0.2) is 37.1 Å². The van der Waals surface area contributed by atoms with Gasteiger partial charge in [-0.15, -0.1) is 0 Å². The minimum atomic E-state index is 0.779. The molecule has 0 bridgehead atoms. The van der Waals surface area contributed by atoms with E-state index in [0.29, 0.717) is 0 Å². The first-order chi connectivity index (χ1) is 8.83. The first-order valence-corrected chi connectivity index (χ1v) is 8.29. The highest BCUT2D eigenvalue weighted by Gasteiger charge is 2.34. The van der Waals surface area contributed by atoms with Crippen LogP contribution in [0.3, 0.4) is 0 Å². The molecule has 2 heteroatoms. The number of likely N-dealkylation sites (tertiary alicyclic amines) is 1. The Morgan fingerprint density at radius 1 is 1.00 bits per heavy atom. The van der Waals surface area contributed by atoms with E-state index < -0.39 is 0 Å². The van der Waals surface area contributed by atoms with Gasteiger partial charge in [-0.2, -0.15) is 0 Å². The van der Waals surface area contributed by atoms with Crippen LogP contribution in [-0.2, 0) is 0 Å². The van der Waals surface area contributed by atoms with Gasteiger partial charge in [-0.05, 0) is 56.4 Å². The maximum atomic E-state index is 3.78. The van der Waals surface area contributed by atoms with Crippen LogP contribution >= 0.6 is 0 Å². The monoisotopic (exact) mass is 250 g/mol. The summed E-state index contributed by atoms with van der Waals surface area (Å²) in [5.74, 6) is 3.14. The zero-order chi connectivity index (χ0) is 12.4. The first kappa shape index (κ1) is 12.9. The van der Waals surface area contributed by atoms with E-state index in [-0.39, 0.29) is 0 Å². The van der Waals surface area contributed by atoms with Gasteiger partial charge >= 0.3 is 0 Å². The average molecular weight is 250 g/mol. The van der Waals surface area contributed by atoms with E-state index in [1.807, 2.05) is 0 Å². The third kappa shape index (κ3) is 3.96. The predicted molar refractivity (Wildman–Crippen MR) is 76.7 cm³/mol. The highest BCUT2D eigenvalue weighted by atomic mass is 15.2. The van der Waals surface area contributed by atoms with Crippen molar-refractivity contribution < 1.29 is 0 Å². The molecule has 2 aliphatic carbocycles. The Kier molecular flexibility index (Phi) is 4.25. The van der Waals surface area contributed by atoms with Crippen LogP contribution in [0.2, 0.25) is 0 Å². The zero-order valence-corrected chi connectivity index (χ0v) is 12.0. The molecule has 2 saturated carbocycles. The van der Waals surface area contributed by atoms with Gasteiger partial charge in [0, 0.05) is 25.7 Å². The Morgan fingerprint density at radius 3 is 2.44 bits per heavy atom. The molecule has 18 heavy (non-hydrogen) atoms. The molecule has 0 radical (unpaired) electrons. The Morgan fingerprint density at radius 2 is 1.78 bits per heavy atom. The van der Waals surface area contributed by atoms with E-state index in [0.717, 1.165) is 23.8 Å². The van der Waals surface area contributed by atoms with Crippen LogP contribution in [0.4, 0.5) is 0 Å². The fourth-order valence-electron chi connectivity index (χ4n) is 3.61. The second kappa shape index (κ2) is 5.92. The summed E-state index contributed by atoms with van der Waals surface area (Å²) in [7, 11) is 0. The van der Waals surface area contributed by atoms with E-state index in [9.17, 15) is 0 Å².